The van der Waals surface area contributed by atoms with Crippen molar-refractivity contribution in [2.75, 3.05) is 46.1 Å². The van der Waals surface area contributed by atoms with E-state index in [4.69, 9.17) is 25.8 Å². The zero-order valence-electron chi connectivity index (χ0n) is 16.2. The topological polar surface area (TPSA) is 71.5 Å². The van der Waals surface area contributed by atoms with Gasteiger partial charge in [-0.3, -0.25) is 9.69 Å². The normalized spacial score (nSPS) is 17.1. The van der Waals surface area contributed by atoms with Crippen molar-refractivity contribution in [2.24, 2.45) is 0 Å². The van der Waals surface area contributed by atoms with Gasteiger partial charge in [-0.25, -0.2) is 4.39 Å². The van der Waals surface area contributed by atoms with Crippen LogP contribution in [0.15, 0.2) is 36.4 Å². The molecule has 0 bridgehead atoms. The molecule has 1 amide bonds. The average molecular weight is 437 g/mol. The molecular formula is C21H22ClFN2O5. The Balaban J connectivity index is 1.23. The molecule has 0 radical (unpaired) electrons. The fraction of sp³-hybridized carbons (Fsp3) is 0.381. The Morgan fingerprint density at radius 2 is 1.90 bits per heavy atom. The Kier molecular flexibility index (Phi) is 6.26. The van der Waals surface area contributed by atoms with Crippen molar-refractivity contribution in [2.45, 2.75) is 6.10 Å². The molecular weight excluding hydrogens is 415 g/mol. The van der Waals surface area contributed by atoms with Gasteiger partial charge in [0.15, 0.2) is 11.5 Å². The van der Waals surface area contributed by atoms with Gasteiger partial charge in [0.25, 0.3) is 5.91 Å². The summed E-state index contributed by atoms with van der Waals surface area (Å²) in [5.41, 5.74) is 0.0185. The maximum Gasteiger partial charge on any atom is 0.256 e. The fourth-order valence-corrected chi connectivity index (χ4v) is 3.64. The lowest BCUT2D eigenvalue weighted by atomic mass is 10.1. The van der Waals surface area contributed by atoms with E-state index in [1.54, 1.807) is 23.1 Å². The van der Waals surface area contributed by atoms with Crippen molar-refractivity contribution in [1.82, 2.24) is 9.80 Å². The third-order valence-corrected chi connectivity index (χ3v) is 5.31. The first-order valence-electron chi connectivity index (χ1n) is 9.67. The lowest BCUT2D eigenvalue weighted by Crippen LogP contribution is -2.51. The summed E-state index contributed by atoms with van der Waals surface area (Å²) in [5.74, 6) is 0.925. The summed E-state index contributed by atoms with van der Waals surface area (Å²) in [6.45, 7) is 2.83. The number of piperazine rings is 1. The first-order valence-corrected chi connectivity index (χ1v) is 10.0. The van der Waals surface area contributed by atoms with E-state index in [0.29, 0.717) is 50.0 Å². The minimum Gasteiger partial charge on any atom is -0.491 e. The van der Waals surface area contributed by atoms with E-state index in [1.165, 1.54) is 12.1 Å². The number of aliphatic hydroxyl groups is 1. The van der Waals surface area contributed by atoms with Crippen molar-refractivity contribution in [3.63, 3.8) is 0 Å². The molecule has 2 aromatic carbocycles. The van der Waals surface area contributed by atoms with Gasteiger partial charge in [0.2, 0.25) is 6.79 Å². The molecule has 9 heteroatoms. The predicted molar refractivity (Wildman–Crippen MR) is 108 cm³/mol. The molecule has 2 heterocycles. The van der Waals surface area contributed by atoms with Crippen LogP contribution in [0.25, 0.3) is 0 Å². The number of carbonyl (C=O) groups excluding carboxylic acids is 1. The number of benzene rings is 2. The van der Waals surface area contributed by atoms with Crippen LogP contribution in [0, 0.1) is 5.82 Å². The number of fused-ring (bicyclic) bond motifs is 1. The van der Waals surface area contributed by atoms with Gasteiger partial charge in [-0.05, 0) is 30.3 Å². The predicted octanol–water partition coefficient (Wildman–Crippen LogP) is 2.41. The third kappa shape index (κ3) is 4.77. The van der Waals surface area contributed by atoms with Gasteiger partial charge < -0.3 is 24.2 Å². The highest BCUT2D eigenvalue weighted by Gasteiger charge is 2.25. The first-order chi connectivity index (χ1) is 14.5. The number of ether oxygens (including phenoxy) is 3. The monoisotopic (exact) mass is 436 g/mol. The SMILES string of the molecule is O=C(c1ccc(Cl)cc1F)N1CCN(CC(O)COc2ccc3c(c2)OCO3)CC1. The number of nitrogens with zero attached hydrogens (tertiary/aromatic N) is 2. The highest BCUT2D eigenvalue weighted by atomic mass is 35.5. The number of halogens is 2. The second-order valence-corrected chi connectivity index (χ2v) is 7.63. The molecule has 1 N–H and O–H groups in total. The van der Waals surface area contributed by atoms with E-state index in [0.717, 1.165) is 6.07 Å². The smallest absolute Gasteiger partial charge is 0.256 e. The van der Waals surface area contributed by atoms with Gasteiger partial charge in [0, 0.05) is 43.8 Å². The number of aliphatic hydroxyl groups excluding tert-OH is 1. The summed E-state index contributed by atoms with van der Waals surface area (Å²) in [4.78, 5) is 16.2. The molecule has 0 aromatic heterocycles. The summed E-state index contributed by atoms with van der Waals surface area (Å²) in [7, 11) is 0. The number of rotatable bonds is 6. The summed E-state index contributed by atoms with van der Waals surface area (Å²) in [6, 6.07) is 9.31. The Labute approximate surface area is 178 Å². The minimum atomic E-state index is -0.689. The highest BCUT2D eigenvalue weighted by Crippen LogP contribution is 2.35. The van der Waals surface area contributed by atoms with Gasteiger partial charge in [-0.1, -0.05) is 11.6 Å². The van der Waals surface area contributed by atoms with Crippen LogP contribution in [0.3, 0.4) is 0 Å². The van der Waals surface area contributed by atoms with Crippen molar-refractivity contribution >= 4 is 17.5 Å². The summed E-state index contributed by atoms with van der Waals surface area (Å²) in [5, 5.41) is 10.6. The van der Waals surface area contributed by atoms with Crippen molar-refractivity contribution in [3.8, 4) is 17.2 Å². The Morgan fingerprint density at radius 1 is 1.13 bits per heavy atom. The minimum absolute atomic E-state index is 0.0185. The van der Waals surface area contributed by atoms with Crippen LogP contribution in [0.2, 0.25) is 5.02 Å². The second-order valence-electron chi connectivity index (χ2n) is 7.20. The Hall–Kier alpha value is -2.55. The fourth-order valence-electron chi connectivity index (χ4n) is 3.48. The van der Waals surface area contributed by atoms with Crippen molar-refractivity contribution < 1.29 is 28.5 Å². The zero-order valence-corrected chi connectivity index (χ0v) is 17.0. The van der Waals surface area contributed by atoms with E-state index in [-0.39, 0.29) is 29.9 Å². The summed E-state index contributed by atoms with van der Waals surface area (Å²) < 4.78 is 30.2. The maximum absolute atomic E-state index is 14.0. The molecule has 1 atom stereocenters. The quantitative estimate of drug-likeness (QED) is 0.749. The summed E-state index contributed by atoms with van der Waals surface area (Å²) in [6.07, 6.45) is -0.689. The van der Waals surface area contributed by atoms with Crippen LogP contribution in [-0.4, -0.2) is 73.0 Å². The van der Waals surface area contributed by atoms with E-state index >= 15 is 0 Å². The molecule has 1 fully saturated rings. The molecule has 2 aliphatic rings. The van der Waals surface area contributed by atoms with E-state index in [9.17, 15) is 14.3 Å². The standard InChI is InChI=1S/C21H22ClFN2O5/c22-14-1-3-17(18(23)9-14)21(27)25-7-5-24(6-8-25)11-15(26)12-28-16-2-4-19-20(10-16)30-13-29-19/h1-4,9-10,15,26H,5-8,11-13H2. The Morgan fingerprint density at radius 3 is 2.67 bits per heavy atom. The molecule has 2 aliphatic heterocycles. The average Bonchev–Trinajstić information content (AvgIpc) is 3.20. The molecule has 1 saturated heterocycles. The van der Waals surface area contributed by atoms with Crippen molar-refractivity contribution in [1.29, 1.82) is 0 Å². The molecule has 7 nitrogen and oxygen atoms in total. The highest BCUT2D eigenvalue weighted by molar-refractivity contribution is 6.30. The number of amides is 1. The van der Waals surface area contributed by atoms with Crippen LogP contribution in [0.5, 0.6) is 17.2 Å². The first kappa shape index (κ1) is 20.7. The largest absolute Gasteiger partial charge is 0.491 e. The number of carbonyl (C=O) groups is 1. The van der Waals surface area contributed by atoms with E-state index in [2.05, 4.69) is 4.90 Å². The molecule has 1 unspecified atom stereocenters. The number of hydrogen-bond acceptors (Lipinski definition) is 6. The lowest BCUT2D eigenvalue weighted by molar-refractivity contribution is 0.0401. The molecule has 2 aromatic rings. The lowest BCUT2D eigenvalue weighted by Gasteiger charge is -2.35. The van der Waals surface area contributed by atoms with Gasteiger partial charge in [0.1, 0.15) is 24.3 Å². The molecule has 4 rings (SSSR count). The Bertz CT molecular complexity index is 920. The van der Waals surface area contributed by atoms with Crippen LogP contribution >= 0.6 is 11.6 Å². The van der Waals surface area contributed by atoms with Crippen LogP contribution in [-0.2, 0) is 0 Å². The van der Waals surface area contributed by atoms with Gasteiger partial charge >= 0.3 is 0 Å². The van der Waals surface area contributed by atoms with Gasteiger partial charge in [-0.2, -0.15) is 0 Å². The van der Waals surface area contributed by atoms with Crippen LogP contribution in [0.1, 0.15) is 10.4 Å². The number of β-amino-alcohol motifs (C(OH)–C–C–N with tert-alkyl or cyclic N) is 1. The van der Waals surface area contributed by atoms with Crippen LogP contribution in [0.4, 0.5) is 4.39 Å². The maximum atomic E-state index is 14.0. The molecule has 0 spiro atoms. The third-order valence-electron chi connectivity index (χ3n) is 5.08. The molecule has 30 heavy (non-hydrogen) atoms. The summed E-state index contributed by atoms with van der Waals surface area (Å²) >= 11 is 5.75. The molecule has 0 saturated carbocycles. The molecule has 160 valence electrons. The zero-order chi connectivity index (χ0) is 21.1. The molecule has 0 aliphatic carbocycles. The van der Waals surface area contributed by atoms with Crippen molar-refractivity contribution in [3.05, 3.63) is 52.8 Å². The van der Waals surface area contributed by atoms with Crippen LogP contribution < -0.4 is 14.2 Å². The van der Waals surface area contributed by atoms with Gasteiger partial charge in [0.05, 0.1) is 5.56 Å². The van der Waals surface area contributed by atoms with Gasteiger partial charge in [-0.15, -0.1) is 0 Å². The van der Waals surface area contributed by atoms with E-state index in [1.807, 2.05) is 0 Å². The second kappa shape index (κ2) is 9.07. The van der Waals surface area contributed by atoms with E-state index < -0.39 is 11.9 Å². The number of hydrogen-bond donors (Lipinski definition) is 1.